The maximum absolute atomic E-state index is 13.6. The molecule has 14 heteroatoms. The Morgan fingerprint density at radius 2 is 1.91 bits per heavy atom. The number of carbonyl (C=O) groups is 1. The summed E-state index contributed by atoms with van der Waals surface area (Å²) < 4.78 is 40.2. The molecule has 6 aromatic rings. The number of alkyl halides is 3. The van der Waals surface area contributed by atoms with Crippen LogP contribution in [0.4, 0.5) is 14.5 Å². The minimum atomic E-state index is -3.84. The van der Waals surface area contributed by atoms with Gasteiger partial charge in [-0.05, 0) is 68.4 Å². The largest absolute Gasteiger partial charge is 0.487 e. The molecule has 2 aliphatic rings. The highest BCUT2D eigenvalue weighted by Crippen LogP contribution is 2.41. The normalized spacial score (nSPS) is 15.3. The van der Waals surface area contributed by atoms with Crippen LogP contribution in [0.25, 0.3) is 39.2 Å². The first-order valence-corrected chi connectivity index (χ1v) is 15.2. The fraction of sp³-hybridized carbons (Fsp3) is 0.212. The highest BCUT2D eigenvalue weighted by molar-refractivity contribution is 6.20. The van der Waals surface area contributed by atoms with Crippen LogP contribution in [0.2, 0.25) is 0 Å². The van der Waals surface area contributed by atoms with E-state index in [1.165, 1.54) is 24.3 Å². The summed E-state index contributed by atoms with van der Waals surface area (Å²) in [6, 6.07) is 14.9. The molecule has 0 saturated carbocycles. The first-order chi connectivity index (χ1) is 22.6. The average molecular weight is 655 g/mol. The Morgan fingerprint density at radius 1 is 1.09 bits per heavy atom. The van der Waals surface area contributed by atoms with Crippen molar-refractivity contribution in [1.82, 2.24) is 34.5 Å². The molecule has 11 nitrogen and oxygen atoms in total. The van der Waals surface area contributed by atoms with E-state index in [4.69, 9.17) is 26.3 Å². The van der Waals surface area contributed by atoms with Gasteiger partial charge in [0.25, 0.3) is 5.91 Å². The second-order valence-corrected chi connectivity index (χ2v) is 12.0. The quantitative estimate of drug-likeness (QED) is 0.203. The third-order valence-electron chi connectivity index (χ3n) is 8.24. The molecular weight excluding hydrogens is 630 g/mol. The molecule has 47 heavy (non-hydrogen) atoms. The summed E-state index contributed by atoms with van der Waals surface area (Å²) in [5.41, 5.74) is 4.53. The number of fused-ring (bicyclic) bond motifs is 6. The van der Waals surface area contributed by atoms with Crippen LogP contribution >= 0.6 is 11.6 Å². The molecule has 1 atom stereocenters. The average Bonchev–Trinajstić information content (AvgIpc) is 3.73. The van der Waals surface area contributed by atoms with E-state index in [1.54, 1.807) is 10.7 Å². The molecule has 1 amide bonds. The molecule has 1 N–H and O–H groups in total. The summed E-state index contributed by atoms with van der Waals surface area (Å²) >= 11 is 4.87. The number of benzene rings is 2. The second kappa shape index (κ2) is 10.9. The van der Waals surface area contributed by atoms with Crippen molar-refractivity contribution < 1.29 is 23.0 Å². The first kappa shape index (κ1) is 29.2. The Hall–Kier alpha value is -5.27. The molecule has 0 spiro atoms. The number of carbonyl (C=O) groups excluding carboxylic acids is 1. The van der Waals surface area contributed by atoms with Gasteiger partial charge in [-0.2, -0.15) is 10.2 Å². The summed E-state index contributed by atoms with van der Waals surface area (Å²) in [7, 11) is 0. The van der Waals surface area contributed by atoms with E-state index in [2.05, 4.69) is 42.9 Å². The Bertz CT molecular complexity index is 2190. The summed E-state index contributed by atoms with van der Waals surface area (Å²) in [6.07, 6.45) is 4.28. The van der Waals surface area contributed by atoms with Crippen LogP contribution in [-0.4, -0.2) is 52.6 Å². The van der Waals surface area contributed by atoms with Crippen molar-refractivity contribution >= 4 is 34.2 Å². The Balaban J connectivity index is 1.22. The Morgan fingerprint density at radius 3 is 2.68 bits per heavy atom. The first-order valence-electron chi connectivity index (χ1n) is 14.8. The van der Waals surface area contributed by atoms with Gasteiger partial charge >= 0.3 is 5.57 Å². The number of aryl methyl sites for hydroxylation is 1. The minimum absolute atomic E-state index is 0.0128. The predicted octanol–water partition coefficient (Wildman–Crippen LogP) is 6.47. The van der Waals surface area contributed by atoms with Gasteiger partial charge in [-0.3, -0.25) is 9.78 Å². The third kappa shape index (κ3) is 5.26. The van der Waals surface area contributed by atoms with E-state index >= 15 is 0 Å². The van der Waals surface area contributed by atoms with Crippen LogP contribution in [0.15, 0.2) is 67.0 Å². The fourth-order valence-corrected chi connectivity index (χ4v) is 6.28. The molecule has 1 aliphatic heterocycles. The number of anilines is 1. The van der Waals surface area contributed by atoms with Crippen molar-refractivity contribution in [2.75, 3.05) is 11.9 Å². The summed E-state index contributed by atoms with van der Waals surface area (Å²) in [6.45, 7) is 4.82. The number of pyridine rings is 1. The lowest BCUT2D eigenvalue weighted by Crippen LogP contribution is -2.21. The molecular formula is C33H25ClF2N8O3. The number of aromatic nitrogens is 7. The van der Waals surface area contributed by atoms with Gasteiger partial charge in [0.1, 0.15) is 18.2 Å². The van der Waals surface area contributed by atoms with Crippen molar-refractivity contribution in [2.45, 2.75) is 38.5 Å². The number of halogens is 3. The summed E-state index contributed by atoms with van der Waals surface area (Å²) in [5, 5.41) is 16.0. The molecule has 0 saturated heterocycles. The lowest BCUT2D eigenvalue weighted by molar-refractivity contribution is -0.0964. The molecule has 1 aliphatic carbocycles. The molecule has 0 radical (unpaired) electrons. The van der Waals surface area contributed by atoms with Crippen LogP contribution in [0.1, 0.15) is 46.1 Å². The van der Waals surface area contributed by atoms with Gasteiger partial charge in [0.05, 0.1) is 47.0 Å². The monoisotopic (exact) mass is 654 g/mol. The maximum Gasteiger partial charge on any atom is 0.487 e. The zero-order valence-corrected chi connectivity index (χ0v) is 25.8. The third-order valence-corrected chi connectivity index (χ3v) is 8.31. The van der Waals surface area contributed by atoms with Gasteiger partial charge in [-0.15, -0.1) is 13.9 Å². The van der Waals surface area contributed by atoms with Crippen LogP contribution in [0.3, 0.4) is 0 Å². The van der Waals surface area contributed by atoms with Crippen LogP contribution in [-0.2, 0) is 17.8 Å². The number of imidazole rings is 1. The van der Waals surface area contributed by atoms with Crippen LogP contribution in [0.5, 0.6) is 5.75 Å². The van der Waals surface area contributed by atoms with Crippen molar-refractivity contribution in [3.8, 4) is 34.0 Å². The van der Waals surface area contributed by atoms with Crippen molar-refractivity contribution in [3.63, 3.8) is 0 Å². The number of rotatable bonds is 6. The number of nitrogens with zero attached hydrogens (tertiary/aromatic N) is 7. The van der Waals surface area contributed by atoms with Gasteiger partial charge in [0.2, 0.25) is 0 Å². The molecule has 0 bridgehead atoms. The van der Waals surface area contributed by atoms with E-state index in [1.807, 2.05) is 37.5 Å². The Kier molecular flexibility index (Phi) is 6.77. The van der Waals surface area contributed by atoms with E-state index in [-0.39, 0.29) is 11.8 Å². The van der Waals surface area contributed by atoms with Gasteiger partial charge in [-0.25, -0.2) is 9.67 Å². The summed E-state index contributed by atoms with van der Waals surface area (Å²) in [4.78, 5) is 23.3. The van der Waals surface area contributed by atoms with E-state index in [0.29, 0.717) is 42.2 Å². The number of nitrogens with one attached hydrogen (secondary N) is 1. The van der Waals surface area contributed by atoms with E-state index < -0.39 is 11.5 Å². The summed E-state index contributed by atoms with van der Waals surface area (Å²) in [5.74, 6) is 0.810. The standard InChI is InChI=1S/C33H25ClF2N8O3/c1-17-3-8-28(42-41-17)44-30-21(14-38-44)12-26-25(30)10-20(13-37-26)24-9-19(11-27-31(24)43-18(2)15-46-16-29(43)40-27)32(45)39-22-4-6-23(7-5-22)47-33(34,35)36/h3-11,13-14,18H,12,15-16H2,1-2H3,(H,39,45)/t18-/m1/s1. The second-order valence-electron chi connectivity index (χ2n) is 11.5. The smallest absolute Gasteiger partial charge is 0.420 e. The lowest BCUT2D eigenvalue weighted by atomic mass is 9.99. The molecule has 2 aromatic carbocycles. The predicted molar refractivity (Wildman–Crippen MR) is 169 cm³/mol. The van der Waals surface area contributed by atoms with Crippen LogP contribution < -0.4 is 10.1 Å². The van der Waals surface area contributed by atoms with Gasteiger partial charge < -0.3 is 19.4 Å². The zero-order chi connectivity index (χ0) is 32.4. The van der Waals surface area contributed by atoms with Gasteiger partial charge in [-0.1, -0.05) is 0 Å². The molecule has 4 aromatic heterocycles. The van der Waals surface area contributed by atoms with Gasteiger partial charge in [0.15, 0.2) is 5.82 Å². The van der Waals surface area contributed by atoms with Crippen molar-refractivity contribution in [2.24, 2.45) is 0 Å². The van der Waals surface area contributed by atoms with E-state index in [9.17, 15) is 13.6 Å². The Labute approximate surface area is 271 Å². The topological polar surface area (TPSA) is 122 Å². The molecule has 236 valence electrons. The SMILES string of the molecule is Cc1ccc(-n2ncc3c2-c2cc(-c4cc(C(=O)Nc5ccc(OC(F)(F)Cl)cc5)cc5nc6n(c45)[C@H](C)COC6)cnc2C3)nn1. The highest BCUT2D eigenvalue weighted by atomic mass is 35.5. The van der Waals surface area contributed by atoms with Gasteiger partial charge in [0, 0.05) is 57.7 Å². The van der Waals surface area contributed by atoms with Crippen molar-refractivity contribution in [3.05, 3.63) is 95.3 Å². The number of hydrogen-bond acceptors (Lipinski definition) is 8. The van der Waals surface area contributed by atoms with Crippen LogP contribution in [0, 0.1) is 6.92 Å². The molecule has 5 heterocycles. The minimum Gasteiger partial charge on any atom is -0.420 e. The number of amides is 1. The fourth-order valence-electron chi connectivity index (χ4n) is 6.19. The van der Waals surface area contributed by atoms with Crippen molar-refractivity contribution in [1.29, 1.82) is 0 Å². The lowest BCUT2D eigenvalue weighted by Gasteiger charge is -2.23. The maximum atomic E-state index is 13.6. The molecule has 0 fully saturated rings. The number of hydrogen-bond donors (Lipinski definition) is 1. The van der Waals surface area contributed by atoms with E-state index in [0.717, 1.165) is 50.7 Å². The molecule has 0 unspecified atom stereocenters. The number of ether oxygens (including phenoxy) is 2. The molecule has 8 rings (SSSR count). The zero-order valence-electron chi connectivity index (χ0n) is 25.0. The highest BCUT2D eigenvalue weighted by Gasteiger charge is 2.30.